The van der Waals surface area contributed by atoms with Gasteiger partial charge in [-0.2, -0.15) is 18.3 Å². The van der Waals surface area contributed by atoms with Gasteiger partial charge in [-0.1, -0.05) is 12.2 Å². The third-order valence-electron chi connectivity index (χ3n) is 2.30. The maximum atomic E-state index is 12.6. The van der Waals surface area contributed by atoms with Crippen LogP contribution in [0.25, 0.3) is 11.0 Å². The predicted octanol–water partition coefficient (Wildman–Crippen LogP) is 2.15. The van der Waals surface area contributed by atoms with E-state index in [4.69, 9.17) is 17.0 Å². The highest BCUT2D eigenvalue weighted by molar-refractivity contribution is 7.71. The van der Waals surface area contributed by atoms with Crippen LogP contribution in [-0.2, 0) is 17.5 Å². The third-order valence-corrected chi connectivity index (χ3v) is 2.61. The normalized spacial score (nSPS) is 12.2. The van der Waals surface area contributed by atoms with Crippen molar-refractivity contribution in [2.75, 3.05) is 13.7 Å². The van der Waals surface area contributed by atoms with Gasteiger partial charge in [-0.15, -0.1) is 0 Å². The standard InChI is InChI=1S/C9H9F3N4OS/c1-17-3-2-16-6-5(4-13-16)7(18)15-8(14-6)9(10,11)12/h4H,2-3H2,1H3,(H,14,15,18). The van der Waals surface area contributed by atoms with Crippen molar-refractivity contribution in [2.24, 2.45) is 0 Å². The molecule has 0 saturated carbocycles. The minimum atomic E-state index is -4.57. The van der Waals surface area contributed by atoms with Gasteiger partial charge in [0.2, 0.25) is 5.82 Å². The zero-order chi connectivity index (χ0) is 13.3. The van der Waals surface area contributed by atoms with E-state index in [1.807, 2.05) is 0 Å². The zero-order valence-electron chi connectivity index (χ0n) is 9.28. The summed E-state index contributed by atoms with van der Waals surface area (Å²) >= 11 is 4.82. The number of alkyl halides is 3. The van der Waals surface area contributed by atoms with E-state index in [9.17, 15) is 13.2 Å². The van der Waals surface area contributed by atoms with Crippen LogP contribution >= 0.6 is 12.2 Å². The molecule has 98 valence electrons. The molecule has 2 aromatic rings. The van der Waals surface area contributed by atoms with Crippen molar-refractivity contribution in [3.05, 3.63) is 16.7 Å². The van der Waals surface area contributed by atoms with Gasteiger partial charge in [0, 0.05) is 7.11 Å². The maximum absolute atomic E-state index is 12.6. The molecule has 0 aromatic carbocycles. The van der Waals surface area contributed by atoms with Crippen LogP contribution in [0.1, 0.15) is 5.82 Å². The summed E-state index contributed by atoms with van der Waals surface area (Å²) in [6, 6.07) is 0. The van der Waals surface area contributed by atoms with E-state index in [-0.39, 0.29) is 10.3 Å². The Labute approximate surface area is 105 Å². The molecule has 0 saturated heterocycles. The van der Waals surface area contributed by atoms with Crippen molar-refractivity contribution in [3.8, 4) is 0 Å². The minimum absolute atomic E-state index is 0.125. The Hall–Kier alpha value is -1.48. The first-order chi connectivity index (χ1) is 8.43. The number of ether oxygens (including phenoxy) is 1. The van der Waals surface area contributed by atoms with Crippen molar-refractivity contribution < 1.29 is 17.9 Å². The summed E-state index contributed by atoms with van der Waals surface area (Å²) in [7, 11) is 1.50. The number of methoxy groups -OCH3 is 1. The van der Waals surface area contributed by atoms with Crippen LogP contribution in [0.5, 0.6) is 0 Å². The molecule has 0 aliphatic carbocycles. The Bertz CT molecular complexity index is 618. The molecule has 18 heavy (non-hydrogen) atoms. The molecule has 0 radical (unpaired) electrons. The molecule has 0 bridgehead atoms. The smallest absolute Gasteiger partial charge is 0.383 e. The first-order valence-electron chi connectivity index (χ1n) is 4.95. The summed E-state index contributed by atoms with van der Waals surface area (Å²) in [5, 5.41) is 4.33. The second-order valence-electron chi connectivity index (χ2n) is 3.51. The summed E-state index contributed by atoms with van der Waals surface area (Å²) in [5.74, 6) is -1.13. The molecule has 5 nitrogen and oxygen atoms in total. The van der Waals surface area contributed by atoms with E-state index in [0.29, 0.717) is 18.5 Å². The van der Waals surface area contributed by atoms with Crippen molar-refractivity contribution in [2.45, 2.75) is 12.7 Å². The van der Waals surface area contributed by atoms with Crippen LogP contribution in [0.2, 0.25) is 0 Å². The average Bonchev–Trinajstić information content (AvgIpc) is 2.69. The number of aromatic amines is 1. The van der Waals surface area contributed by atoms with Gasteiger partial charge in [0.15, 0.2) is 0 Å². The third kappa shape index (κ3) is 2.36. The number of hydrogen-bond acceptors (Lipinski definition) is 4. The Morgan fingerprint density at radius 1 is 1.50 bits per heavy atom. The first kappa shape index (κ1) is 13.0. The molecule has 0 fully saturated rings. The number of hydrogen-bond donors (Lipinski definition) is 1. The lowest BCUT2D eigenvalue weighted by atomic mass is 10.4. The second kappa shape index (κ2) is 4.65. The van der Waals surface area contributed by atoms with Gasteiger partial charge >= 0.3 is 6.18 Å². The Kier molecular flexibility index (Phi) is 3.35. The van der Waals surface area contributed by atoms with Gasteiger partial charge in [0.25, 0.3) is 0 Å². The molecule has 0 amide bonds. The highest BCUT2D eigenvalue weighted by atomic mass is 32.1. The number of nitrogens with zero attached hydrogens (tertiary/aromatic N) is 3. The fourth-order valence-electron chi connectivity index (χ4n) is 1.46. The van der Waals surface area contributed by atoms with Crippen molar-refractivity contribution in [1.82, 2.24) is 19.7 Å². The van der Waals surface area contributed by atoms with Crippen molar-refractivity contribution in [3.63, 3.8) is 0 Å². The highest BCUT2D eigenvalue weighted by Crippen LogP contribution is 2.27. The highest BCUT2D eigenvalue weighted by Gasteiger charge is 2.34. The number of fused-ring (bicyclic) bond motifs is 1. The van der Waals surface area contributed by atoms with E-state index in [1.165, 1.54) is 18.0 Å². The Morgan fingerprint density at radius 2 is 2.22 bits per heavy atom. The van der Waals surface area contributed by atoms with Crippen LogP contribution in [0.15, 0.2) is 6.20 Å². The SMILES string of the molecule is COCCn1ncc2c(=S)nc(C(F)(F)F)[nH]c21. The molecule has 0 atom stereocenters. The lowest BCUT2D eigenvalue weighted by Crippen LogP contribution is -2.13. The quantitative estimate of drug-likeness (QED) is 0.874. The monoisotopic (exact) mass is 278 g/mol. The summed E-state index contributed by atoms with van der Waals surface area (Å²) in [6.07, 6.45) is -3.19. The Morgan fingerprint density at radius 3 is 2.83 bits per heavy atom. The van der Waals surface area contributed by atoms with Crippen LogP contribution in [0.4, 0.5) is 13.2 Å². The molecular weight excluding hydrogens is 269 g/mol. The van der Waals surface area contributed by atoms with Gasteiger partial charge in [-0.3, -0.25) is 0 Å². The average molecular weight is 278 g/mol. The van der Waals surface area contributed by atoms with Gasteiger partial charge in [0.1, 0.15) is 10.3 Å². The molecule has 0 spiro atoms. The Balaban J connectivity index is 2.57. The van der Waals surface area contributed by atoms with Crippen LogP contribution in [-0.4, -0.2) is 33.5 Å². The summed E-state index contributed by atoms with van der Waals surface area (Å²) in [6.45, 7) is 0.660. The second-order valence-corrected chi connectivity index (χ2v) is 3.90. The zero-order valence-corrected chi connectivity index (χ0v) is 10.1. The van der Waals surface area contributed by atoms with Crippen molar-refractivity contribution in [1.29, 1.82) is 0 Å². The molecule has 0 aliphatic heterocycles. The van der Waals surface area contributed by atoms with Gasteiger partial charge < -0.3 is 9.72 Å². The van der Waals surface area contributed by atoms with E-state index < -0.39 is 12.0 Å². The lowest BCUT2D eigenvalue weighted by molar-refractivity contribution is -0.144. The largest absolute Gasteiger partial charge is 0.449 e. The predicted molar refractivity (Wildman–Crippen MR) is 59.6 cm³/mol. The molecule has 1 N–H and O–H groups in total. The number of nitrogens with one attached hydrogen (secondary N) is 1. The number of rotatable bonds is 3. The molecule has 2 rings (SSSR count). The first-order valence-corrected chi connectivity index (χ1v) is 5.36. The molecular formula is C9H9F3N4OS. The van der Waals surface area contributed by atoms with Gasteiger partial charge in [-0.25, -0.2) is 9.67 Å². The van der Waals surface area contributed by atoms with E-state index in [0.717, 1.165) is 0 Å². The fourth-order valence-corrected chi connectivity index (χ4v) is 1.70. The lowest BCUT2D eigenvalue weighted by Gasteiger charge is -2.07. The van der Waals surface area contributed by atoms with Gasteiger partial charge in [-0.05, 0) is 0 Å². The summed E-state index contributed by atoms with van der Waals surface area (Å²) < 4.78 is 43.9. The minimum Gasteiger partial charge on any atom is -0.383 e. The van der Waals surface area contributed by atoms with Crippen LogP contribution in [0, 0.1) is 4.64 Å². The summed E-state index contributed by atoms with van der Waals surface area (Å²) in [5.41, 5.74) is 0.194. The fraction of sp³-hybridized carbons (Fsp3) is 0.444. The molecule has 9 heteroatoms. The van der Waals surface area contributed by atoms with Crippen molar-refractivity contribution >= 4 is 23.3 Å². The summed E-state index contributed by atoms with van der Waals surface area (Å²) in [4.78, 5) is 5.52. The molecule has 2 heterocycles. The number of aromatic nitrogens is 4. The molecule has 0 unspecified atom stereocenters. The van der Waals surface area contributed by atoms with Gasteiger partial charge in [0.05, 0.1) is 24.7 Å². The van der Waals surface area contributed by atoms with E-state index in [1.54, 1.807) is 0 Å². The van der Waals surface area contributed by atoms with Crippen LogP contribution in [0.3, 0.4) is 0 Å². The van der Waals surface area contributed by atoms with E-state index >= 15 is 0 Å². The number of H-pyrrole nitrogens is 1. The molecule has 0 aliphatic rings. The maximum Gasteiger partial charge on any atom is 0.449 e. The number of halogens is 3. The molecule has 2 aromatic heterocycles. The van der Waals surface area contributed by atoms with Crippen LogP contribution < -0.4 is 0 Å². The van der Waals surface area contributed by atoms with E-state index in [2.05, 4.69) is 15.1 Å². The topological polar surface area (TPSA) is 55.7 Å².